The maximum Gasteiger partial charge on any atom is 0.224 e. The summed E-state index contributed by atoms with van der Waals surface area (Å²) in [7, 11) is 0. The second kappa shape index (κ2) is 5.68. The molecule has 1 aromatic carbocycles. The fourth-order valence-electron chi connectivity index (χ4n) is 2.64. The van der Waals surface area contributed by atoms with Crippen LogP contribution in [0, 0.1) is 19.8 Å². The molecule has 3 rings (SSSR count). The van der Waals surface area contributed by atoms with E-state index in [1.54, 1.807) is 0 Å². The van der Waals surface area contributed by atoms with Gasteiger partial charge in [0.05, 0.1) is 12.2 Å². The molecular weight excluding hydrogens is 260 g/mol. The SMILES string of the molecule is Cc1ccc(CNC(=O)[C@H]2C[C@@H]2c2ccccc2)nc1C. The lowest BCUT2D eigenvalue weighted by Crippen LogP contribution is -2.25. The predicted octanol–water partition coefficient (Wildman–Crippen LogP) is 3.12. The van der Waals surface area contributed by atoms with Crippen molar-refractivity contribution in [3.05, 3.63) is 65.0 Å². The number of aryl methyl sites for hydroxylation is 2. The van der Waals surface area contributed by atoms with E-state index >= 15 is 0 Å². The minimum Gasteiger partial charge on any atom is -0.350 e. The molecule has 0 unspecified atom stereocenters. The minimum absolute atomic E-state index is 0.124. The van der Waals surface area contributed by atoms with Gasteiger partial charge in [0.15, 0.2) is 0 Å². The third-order valence-electron chi connectivity index (χ3n) is 4.21. The Morgan fingerprint density at radius 1 is 1.19 bits per heavy atom. The molecule has 2 aromatic rings. The average molecular weight is 280 g/mol. The summed E-state index contributed by atoms with van der Waals surface area (Å²) in [4.78, 5) is 16.7. The van der Waals surface area contributed by atoms with Crippen LogP contribution in [-0.4, -0.2) is 10.9 Å². The molecule has 0 radical (unpaired) electrons. The number of amides is 1. The van der Waals surface area contributed by atoms with Gasteiger partial charge in [-0.15, -0.1) is 0 Å². The first-order valence-electron chi connectivity index (χ1n) is 7.41. The average Bonchev–Trinajstić information content (AvgIpc) is 3.30. The van der Waals surface area contributed by atoms with Gasteiger partial charge in [-0.1, -0.05) is 36.4 Å². The zero-order valence-electron chi connectivity index (χ0n) is 12.5. The number of hydrogen-bond acceptors (Lipinski definition) is 2. The number of pyridine rings is 1. The first-order valence-corrected chi connectivity index (χ1v) is 7.41. The van der Waals surface area contributed by atoms with Crippen LogP contribution in [-0.2, 0) is 11.3 Å². The van der Waals surface area contributed by atoms with Gasteiger partial charge in [0, 0.05) is 11.6 Å². The van der Waals surface area contributed by atoms with Crippen molar-refractivity contribution in [3.8, 4) is 0 Å². The number of rotatable bonds is 4. The van der Waals surface area contributed by atoms with E-state index in [9.17, 15) is 4.79 Å². The Kier molecular flexibility index (Phi) is 3.74. The fourth-order valence-corrected chi connectivity index (χ4v) is 2.64. The van der Waals surface area contributed by atoms with E-state index in [0.29, 0.717) is 12.5 Å². The van der Waals surface area contributed by atoms with Crippen molar-refractivity contribution in [2.75, 3.05) is 0 Å². The van der Waals surface area contributed by atoms with E-state index in [-0.39, 0.29) is 11.8 Å². The van der Waals surface area contributed by atoms with Crippen molar-refractivity contribution in [1.29, 1.82) is 0 Å². The first-order chi connectivity index (χ1) is 10.1. The van der Waals surface area contributed by atoms with Gasteiger partial charge in [-0.25, -0.2) is 0 Å². The molecule has 3 nitrogen and oxygen atoms in total. The molecule has 0 aliphatic heterocycles. The van der Waals surface area contributed by atoms with Gasteiger partial charge in [0.1, 0.15) is 0 Å². The van der Waals surface area contributed by atoms with Crippen LogP contribution in [0.5, 0.6) is 0 Å². The minimum atomic E-state index is 0.124. The number of carbonyl (C=O) groups is 1. The molecule has 1 aromatic heterocycles. The van der Waals surface area contributed by atoms with Crippen LogP contribution in [0.1, 0.15) is 34.9 Å². The Morgan fingerprint density at radius 2 is 1.95 bits per heavy atom. The van der Waals surface area contributed by atoms with Gasteiger partial charge < -0.3 is 5.32 Å². The monoisotopic (exact) mass is 280 g/mol. The molecule has 0 spiro atoms. The van der Waals surface area contributed by atoms with Gasteiger partial charge >= 0.3 is 0 Å². The van der Waals surface area contributed by atoms with Gasteiger partial charge in [0.2, 0.25) is 5.91 Å². The predicted molar refractivity (Wildman–Crippen MR) is 82.8 cm³/mol. The first kappa shape index (κ1) is 13.8. The maximum atomic E-state index is 12.2. The summed E-state index contributed by atoms with van der Waals surface area (Å²) in [6.45, 7) is 4.55. The lowest BCUT2D eigenvalue weighted by molar-refractivity contribution is -0.122. The van der Waals surface area contributed by atoms with Gasteiger partial charge in [-0.2, -0.15) is 0 Å². The molecular formula is C18H20N2O. The summed E-state index contributed by atoms with van der Waals surface area (Å²) in [6.07, 6.45) is 0.955. The number of nitrogens with one attached hydrogen (secondary N) is 1. The van der Waals surface area contributed by atoms with Crippen LogP contribution in [0.25, 0.3) is 0 Å². The van der Waals surface area contributed by atoms with Crippen LogP contribution in [0.3, 0.4) is 0 Å². The molecule has 1 aliphatic rings. The van der Waals surface area contributed by atoms with Gasteiger partial charge in [-0.3, -0.25) is 9.78 Å². The third kappa shape index (κ3) is 3.13. The molecule has 0 saturated heterocycles. The number of aromatic nitrogens is 1. The van der Waals surface area contributed by atoms with Crippen molar-refractivity contribution in [3.63, 3.8) is 0 Å². The van der Waals surface area contributed by atoms with Crippen LogP contribution in [0.15, 0.2) is 42.5 Å². The van der Waals surface area contributed by atoms with Crippen molar-refractivity contribution >= 4 is 5.91 Å². The highest BCUT2D eigenvalue weighted by atomic mass is 16.2. The van der Waals surface area contributed by atoms with Crippen molar-refractivity contribution in [2.45, 2.75) is 32.7 Å². The normalized spacial score (nSPS) is 20.1. The summed E-state index contributed by atoms with van der Waals surface area (Å²) >= 11 is 0. The summed E-state index contributed by atoms with van der Waals surface area (Å²) in [5.41, 5.74) is 4.39. The molecule has 108 valence electrons. The molecule has 2 atom stereocenters. The van der Waals surface area contributed by atoms with Crippen molar-refractivity contribution in [2.24, 2.45) is 5.92 Å². The van der Waals surface area contributed by atoms with Crippen LogP contribution >= 0.6 is 0 Å². The second-order valence-corrected chi connectivity index (χ2v) is 5.78. The second-order valence-electron chi connectivity index (χ2n) is 5.78. The standard InChI is InChI=1S/C18H20N2O/c1-12-8-9-15(20-13(12)2)11-19-18(21)17-10-16(17)14-6-4-3-5-7-14/h3-9,16-17H,10-11H2,1-2H3,(H,19,21)/t16-,17+/m1/s1. The summed E-state index contributed by atoms with van der Waals surface area (Å²) in [6, 6.07) is 14.3. The van der Waals surface area contributed by atoms with Crippen LogP contribution < -0.4 is 5.32 Å². The lowest BCUT2D eigenvalue weighted by Gasteiger charge is -2.07. The highest BCUT2D eigenvalue weighted by Crippen LogP contribution is 2.47. The number of nitrogens with zero attached hydrogens (tertiary/aromatic N) is 1. The lowest BCUT2D eigenvalue weighted by atomic mass is 10.1. The van der Waals surface area contributed by atoms with Crippen molar-refractivity contribution < 1.29 is 4.79 Å². The molecule has 1 N–H and O–H groups in total. The summed E-state index contributed by atoms with van der Waals surface area (Å²) in [5.74, 6) is 0.654. The topological polar surface area (TPSA) is 42.0 Å². The van der Waals surface area contributed by atoms with E-state index in [4.69, 9.17) is 0 Å². The highest BCUT2D eigenvalue weighted by molar-refractivity contribution is 5.82. The molecule has 1 fully saturated rings. The quantitative estimate of drug-likeness (QED) is 0.935. The third-order valence-corrected chi connectivity index (χ3v) is 4.21. The highest BCUT2D eigenvalue weighted by Gasteiger charge is 2.43. The van der Waals surface area contributed by atoms with E-state index < -0.39 is 0 Å². The summed E-state index contributed by atoms with van der Waals surface area (Å²) in [5, 5.41) is 3.01. The van der Waals surface area contributed by atoms with E-state index in [1.165, 1.54) is 11.1 Å². The molecule has 1 aliphatic carbocycles. The Morgan fingerprint density at radius 3 is 2.67 bits per heavy atom. The van der Waals surface area contributed by atoms with Crippen molar-refractivity contribution in [1.82, 2.24) is 10.3 Å². The zero-order chi connectivity index (χ0) is 14.8. The van der Waals surface area contributed by atoms with Gasteiger partial charge in [-0.05, 0) is 43.4 Å². The van der Waals surface area contributed by atoms with E-state index in [1.807, 2.05) is 44.2 Å². The number of benzene rings is 1. The number of hydrogen-bond donors (Lipinski definition) is 1. The molecule has 21 heavy (non-hydrogen) atoms. The smallest absolute Gasteiger partial charge is 0.224 e. The Bertz CT molecular complexity index is 652. The van der Waals surface area contributed by atoms with Crippen LogP contribution in [0.4, 0.5) is 0 Å². The maximum absolute atomic E-state index is 12.2. The Hall–Kier alpha value is -2.16. The molecule has 3 heteroatoms. The van der Waals surface area contributed by atoms with E-state index in [2.05, 4.69) is 22.4 Å². The van der Waals surface area contributed by atoms with Crippen LogP contribution in [0.2, 0.25) is 0 Å². The van der Waals surface area contributed by atoms with E-state index in [0.717, 1.165) is 17.8 Å². The summed E-state index contributed by atoms with van der Waals surface area (Å²) < 4.78 is 0. The molecule has 1 heterocycles. The Balaban J connectivity index is 1.55. The fraction of sp³-hybridized carbons (Fsp3) is 0.333. The largest absolute Gasteiger partial charge is 0.350 e. The molecule has 1 saturated carbocycles. The molecule has 1 amide bonds. The molecule has 0 bridgehead atoms. The zero-order valence-corrected chi connectivity index (χ0v) is 12.5. The van der Waals surface area contributed by atoms with Gasteiger partial charge in [0.25, 0.3) is 0 Å². The number of carbonyl (C=O) groups excluding carboxylic acids is 1. The Labute approximate surface area is 125 Å².